The monoisotopic (exact) mass is 279 g/mol. The minimum absolute atomic E-state index is 0.294. The van der Waals surface area contributed by atoms with E-state index in [1.807, 2.05) is 11.8 Å². The van der Waals surface area contributed by atoms with Gasteiger partial charge >= 0.3 is 0 Å². The first kappa shape index (κ1) is 13.7. The number of thioether (sulfide) groups is 1. The van der Waals surface area contributed by atoms with Gasteiger partial charge in [-0.05, 0) is 36.8 Å². The normalized spacial score (nSPS) is 18.8. The average Bonchev–Trinajstić information content (AvgIpc) is 2.39. The fourth-order valence-electron chi connectivity index (χ4n) is 2.09. The van der Waals surface area contributed by atoms with Crippen molar-refractivity contribution in [2.75, 3.05) is 16.8 Å². The third-order valence-electron chi connectivity index (χ3n) is 3.03. The summed E-state index contributed by atoms with van der Waals surface area (Å²) in [4.78, 5) is 22.5. The first-order valence-electron chi connectivity index (χ1n) is 6.15. The highest BCUT2D eigenvalue weighted by Crippen LogP contribution is 2.22. The Labute approximate surface area is 116 Å². The average molecular weight is 279 g/mol. The highest BCUT2D eigenvalue weighted by Gasteiger charge is 2.15. The third-order valence-corrected chi connectivity index (χ3v) is 4.25. The quantitative estimate of drug-likeness (QED) is 0.771. The Bertz CT molecular complexity index is 466. The highest BCUT2D eigenvalue weighted by molar-refractivity contribution is 7.99. The van der Waals surface area contributed by atoms with E-state index in [-0.39, 0.29) is 0 Å². The Morgan fingerprint density at radius 1 is 1.16 bits per heavy atom. The van der Waals surface area contributed by atoms with Gasteiger partial charge < -0.3 is 16.8 Å². The first-order valence-corrected chi connectivity index (χ1v) is 7.30. The molecule has 1 aliphatic heterocycles. The van der Waals surface area contributed by atoms with E-state index >= 15 is 0 Å². The molecule has 1 aromatic carbocycles. The molecule has 1 fully saturated rings. The number of anilines is 1. The number of hydrogen-bond acceptors (Lipinski definition) is 4. The van der Waals surface area contributed by atoms with Gasteiger partial charge in [0, 0.05) is 28.6 Å². The number of primary amides is 2. The standard InChI is InChI=1S/C13H17N3O2S/c14-12(17)8-4-9(13(15)18)6-11(5-8)16-10-2-1-3-19-7-10/h4-6,10,16H,1-3,7H2,(H2,14,17)(H2,15,18). The number of carbonyl (C=O) groups excluding carboxylic acids is 2. The van der Waals surface area contributed by atoms with Gasteiger partial charge in [-0.25, -0.2) is 0 Å². The van der Waals surface area contributed by atoms with Crippen LogP contribution in [0.15, 0.2) is 18.2 Å². The molecule has 0 aromatic heterocycles. The zero-order valence-corrected chi connectivity index (χ0v) is 11.3. The smallest absolute Gasteiger partial charge is 0.248 e. The molecule has 0 spiro atoms. The molecule has 1 aliphatic rings. The van der Waals surface area contributed by atoms with Crippen LogP contribution in [0, 0.1) is 0 Å². The van der Waals surface area contributed by atoms with Crippen LogP contribution in [0.4, 0.5) is 5.69 Å². The van der Waals surface area contributed by atoms with Crippen molar-refractivity contribution in [3.8, 4) is 0 Å². The Morgan fingerprint density at radius 3 is 2.26 bits per heavy atom. The van der Waals surface area contributed by atoms with E-state index in [4.69, 9.17) is 11.5 Å². The molecular weight excluding hydrogens is 262 g/mol. The van der Waals surface area contributed by atoms with Crippen LogP contribution in [0.2, 0.25) is 0 Å². The lowest BCUT2D eigenvalue weighted by molar-refractivity contribution is 0.0999. The van der Waals surface area contributed by atoms with Gasteiger partial charge in [-0.3, -0.25) is 9.59 Å². The molecule has 0 bridgehead atoms. The summed E-state index contributed by atoms with van der Waals surface area (Å²) >= 11 is 1.90. The number of benzene rings is 1. The predicted molar refractivity (Wildman–Crippen MR) is 77.4 cm³/mol. The zero-order valence-electron chi connectivity index (χ0n) is 10.5. The minimum atomic E-state index is -0.566. The van der Waals surface area contributed by atoms with Crippen molar-refractivity contribution < 1.29 is 9.59 Å². The highest BCUT2D eigenvalue weighted by atomic mass is 32.2. The van der Waals surface area contributed by atoms with Crippen LogP contribution in [0.25, 0.3) is 0 Å². The van der Waals surface area contributed by atoms with Crippen LogP contribution >= 0.6 is 11.8 Å². The lowest BCUT2D eigenvalue weighted by Gasteiger charge is -2.24. The molecule has 102 valence electrons. The molecule has 5 nitrogen and oxygen atoms in total. The summed E-state index contributed by atoms with van der Waals surface area (Å²) in [6.45, 7) is 0. The van der Waals surface area contributed by atoms with Crippen LogP contribution in [0.1, 0.15) is 33.6 Å². The number of nitrogens with one attached hydrogen (secondary N) is 1. The van der Waals surface area contributed by atoms with Crippen molar-refractivity contribution in [3.05, 3.63) is 29.3 Å². The fraction of sp³-hybridized carbons (Fsp3) is 0.385. The molecule has 1 heterocycles. The molecule has 1 unspecified atom stereocenters. The van der Waals surface area contributed by atoms with E-state index in [1.165, 1.54) is 18.2 Å². The number of hydrogen-bond donors (Lipinski definition) is 3. The van der Waals surface area contributed by atoms with Gasteiger partial charge in [0.1, 0.15) is 0 Å². The van der Waals surface area contributed by atoms with Crippen molar-refractivity contribution in [3.63, 3.8) is 0 Å². The second kappa shape index (κ2) is 5.97. The fourth-order valence-corrected chi connectivity index (χ4v) is 3.16. The molecular formula is C13H17N3O2S. The Kier molecular flexibility index (Phi) is 4.31. The van der Waals surface area contributed by atoms with Crippen molar-refractivity contribution in [2.24, 2.45) is 11.5 Å². The van der Waals surface area contributed by atoms with Crippen LogP contribution < -0.4 is 16.8 Å². The molecule has 1 atom stereocenters. The Morgan fingerprint density at radius 2 is 1.79 bits per heavy atom. The van der Waals surface area contributed by atoms with E-state index < -0.39 is 11.8 Å². The molecule has 0 radical (unpaired) electrons. The number of carbonyl (C=O) groups is 2. The summed E-state index contributed by atoms with van der Waals surface area (Å²) in [5.74, 6) is 1.08. The predicted octanol–water partition coefficient (Wildman–Crippen LogP) is 1.19. The van der Waals surface area contributed by atoms with Crippen molar-refractivity contribution >= 4 is 29.3 Å². The van der Waals surface area contributed by atoms with Crippen LogP contribution in [0.5, 0.6) is 0 Å². The number of rotatable bonds is 4. The lowest BCUT2D eigenvalue weighted by Crippen LogP contribution is -2.26. The minimum Gasteiger partial charge on any atom is -0.381 e. The maximum atomic E-state index is 11.3. The van der Waals surface area contributed by atoms with Gasteiger partial charge in [-0.15, -0.1) is 0 Å². The summed E-state index contributed by atoms with van der Waals surface area (Å²) in [5, 5.41) is 3.34. The molecule has 0 saturated carbocycles. The van der Waals surface area contributed by atoms with Crippen LogP contribution in [-0.4, -0.2) is 29.4 Å². The van der Waals surface area contributed by atoms with Gasteiger partial charge in [0.05, 0.1) is 0 Å². The summed E-state index contributed by atoms with van der Waals surface area (Å²) in [6.07, 6.45) is 2.25. The molecule has 19 heavy (non-hydrogen) atoms. The molecule has 1 aromatic rings. The summed E-state index contributed by atoms with van der Waals surface area (Å²) < 4.78 is 0. The largest absolute Gasteiger partial charge is 0.381 e. The van der Waals surface area contributed by atoms with Crippen molar-refractivity contribution in [2.45, 2.75) is 18.9 Å². The van der Waals surface area contributed by atoms with E-state index in [2.05, 4.69) is 5.32 Å². The maximum absolute atomic E-state index is 11.3. The lowest BCUT2D eigenvalue weighted by atomic mass is 10.1. The molecule has 5 N–H and O–H groups in total. The number of amides is 2. The van der Waals surface area contributed by atoms with E-state index in [9.17, 15) is 9.59 Å². The topological polar surface area (TPSA) is 98.2 Å². The van der Waals surface area contributed by atoms with Crippen molar-refractivity contribution in [1.29, 1.82) is 0 Å². The SMILES string of the molecule is NC(=O)c1cc(NC2CCCSC2)cc(C(N)=O)c1. The van der Waals surface area contributed by atoms with E-state index in [1.54, 1.807) is 12.1 Å². The van der Waals surface area contributed by atoms with Gasteiger partial charge in [0.15, 0.2) is 0 Å². The molecule has 0 aliphatic carbocycles. The molecule has 6 heteroatoms. The third kappa shape index (κ3) is 3.64. The van der Waals surface area contributed by atoms with Gasteiger partial charge in [-0.2, -0.15) is 11.8 Å². The maximum Gasteiger partial charge on any atom is 0.248 e. The summed E-state index contributed by atoms with van der Waals surface area (Å²) in [6, 6.07) is 5.09. The van der Waals surface area contributed by atoms with Crippen molar-refractivity contribution in [1.82, 2.24) is 0 Å². The second-order valence-electron chi connectivity index (χ2n) is 4.59. The van der Waals surface area contributed by atoms with Gasteiger partial charge in [-0.1, -0.05) is 0 Å². The van der Waals surface area contributed by atoms with Crippen LogP contribution in [-0.2, 0) is 0 Å². The first-order chi connectivity index (χ1) is 9.06. The van der Waals surface area contributed by atoms with Gasteiger partial charge in [0.25, 0.3) is 0 Å². The summed E-state index contributed by atoms with van der Waals surface area (Å²) in [5.41, 5.74) is 11.8. The van der Waals surface area contributed by atoms with E-state index in [0.717, 1.165) is 17.9 Å². The molecule has 2 rings (SSSR count). The summed E-state index contributed by atoms with van der Waals surface area (Å²) in [7, 11) is 0. The van der Waals surface area contributed by atoms with Crippen LogP contribution in [0.3, 0.4) is 0 Å². The zero-order chi connectivity index (χ0) is 13.8. The van der Waals surface area contributed by atoms with E-state index in [0.29, 0.717) is 17.2 Å². The Hall–Kier alpha value is -1.69. The molecule has 1 saturated heterocycles. The number of nitrogens with two attached hydrogens (primary N) is 2. The second-order valence-corrected chi connectivity index (χ2v) is 5.74. The Balaban J connectivity index is 2.22. The molecule has 2 amide bonds. The van der Waals surface area contributed by atoms with Gasteiger partial charge in [0.2, 0.25) is 11.8 Å².